The van der Waals surface area contributed by atoms with Crippen LogP contribution in [0.2, 0.25) is 0 Å². The van der Waals surface area contributed by atoms with Crippen LogP contribution < -0.4 is 4.74 Å². The van der Waals surface area contributed by atoms with Gasteiger partial charge in [-0.15, -0.1) is 0 Å². The molecule has 1 heterocycles. The molecule has 0 aliphatic carbocycles. The fourth-order valence-electron chi connectivity index (χ4n) is 2.05. The second kappa shape index (κ2) is 5.73. The molecule has 0 aliphatic rings. The molecule has 21 heavy (non-hydrogen) atoms. The molecule has 0 unspecified atom stereocenters. The van der Waals surface area contributed by atoms with Crippen LogP contribution in [0.25, 0.3) is 0 Å². The summed E-state index contributed by atoms with van der Waals surface area (Å²) in [7, 11) is 0. The lowest BCUT2D eigenvalue weighted by Crippen LogP contribution is -2.17. The predicted molar refractivity (Wildman–Crippen MR) is 93.7 cm³/mol. The monoisotopic (exact) mass is 367 g/mol. The van der Waals surface area contributed by atoms with Crippen molar-refractivity contribution < 1.29 is 4.74 Å². The van der Waals surface area contributed by atoms with Gasteiger partial charge in [-0.1, -0.05) is 65.0 Å². The van der Waals surface area contributed by atoms with Gasteiger partial charge in [-0.2, -0.15) is 4.98 Å². The van der Waals surface area contributed by atoms with Gasteiger partial charge < -0.3 is 4.74 Å². The Morgan fingerprint density at radius 3 is 2.19 bits per heavy atom. The van der Waals surface area contributed by atoms with Gasteiger partial charge in [0, 0.05) is 10.9 Å². The number of aromatic nitrogens is 1. The lowest BCUT2D eigenvalue weighted by molar-refractivity contribution is 0.450. The second-order valence-corrected chi connectivity index (χ2v) is 8.88. The molecule has 2 nitrogen and oxygen atoms in total. The van der Waals surface area contributed by atoms with E-state index in [2.05, 4.69) is 80.7 Å². The maximum atomic E-state index is 6.00. The van der Waals surface area contributed by atoms with Crippen molar-refractivity contribution in [2.75, 3.05) is 0 Å². The molecule has 0 saturated carbocycles. The van der Waals surface area contributed by atoms with Gasteiger partial charge in [0.2, 0.25) is 0 Å². The topological polar surface area (TPSA) is 22.1 Å². The summed E-state index contributed by atoms with van der Waals surface area (Å²) in [6, 6.07) is 6.47. The molecule has 0 spiro atoms. The van der Waals surface area contributed by atoms with Crippen LogP contribution in [-0.4, -0.2) is 4.98 Å². The van der Waals surface area contributed by atoms with Crippen LogP contribution in [0.15, 0.2) is 28.2 Å². The number of benzene rings is 1. The highest BCUT2D eigenvalue weighted by atomic mass is 79.9. The Morgan fingerprint density at radius 2 is 1.71 bits per heavy atom. The zero-order valence-electron chi connectivity index (χ0n) is 13.5. The van der Waals surface area contributed by atoms with E-state index in [1.807, 2.05) is 5.38 Å². The minimum atomic E-state index is 0.0189. The molecule has 2 aromatic rings. The predicted octanol–water partition coefficient (Wildman–Crippen LogP) is 6.29. The van der Waals surface area contributed by atoms with E-state index in [-0.39, 0.29) is 10.8 Å². The zero-order valence-corrected chi connectivity index (χ0v) is 15.9. The van der Waals surface area contributed by atoms with Crippen molar-refractivity contribution in [3.05, 3.63) is 39.3 Å². The van der Waals surface area contributed by atoms with Gasteiger partial charge in [-0.25, -0.2) is 0 Å². The largest absolute Gasteiger partial charge is 0.431 e. The molecule has 0 aliphatic heterocycles. The number of hydrogen-bond donors (Lipinski definition) is 0. The lowest BCUT2D eigenvalue weighted by atomic mass is 9.80. The highest BCUT2D eigenvalue weighted by Gasteiger charge is 2.23. The highest BCUT2D eigenvalue weighted by molar-refractivity contribution is 9.10. The number of rotatable bonds is 2. The first-order chi connectivity index (χ1) is 9.57. The Morgan fingerprint density at radius 1 is 1.05 bits per heavy atom. The fourth-order valence-corrected chi connectivity index (χ4v) is 3.15. The summed E-state index contributed by atoms with van der Waals surface area (Å²) in [6.45, 7) is 13.3. The second-order valence-electron chi connectivity index (χ2n) is 7.25. The number of hydrogen-bond acceptors (Lipinski definition) is 3. The van der Waals surface area contributed by atoms with Crippen molar-refractivity contribution >= 4 is 27.3 Å². The maximum absolute atomic E-state index is 6.00. The molecule has 1 aromatic heterocycles. The van der Waals surface area contributed by atoms with Crippen molar-refractivity contribution in [2.24, 2.45) is 0 Å². The van der Waals surface area contributed by atoms with Crippen molar-refractivity contribution in [3.63, 3.8) is 0 Å². The Kier molecular flexibility index (Phi) is 4.50. The van der Waals surface area contributed by atoms with Crippen LogP contribution in [-0.2, 0) is 10.8 Å². The molecule has 0 radical (unpaired) electrons. The van der Waals surface area contributed by atoms with Crippen molar-refractivity contribution in [1.82, 2.24) is 4.98 Å². The number of halogens is 1. The van der Waals surface area contributed by atoms with E-state index in [1.165, 1.54) is 22.5 Å². The van der Waals surface area contributed by atoms with Crippen LogP contribution in [0, 0.1) is 0 Å². The molecule has 0 amide bonds. The molecule has 4 heteroatoms. The summed E-state index contributed by atoms with van der Waals surface area (Å²) in [5.74, 6) is 0.886. The van der Waals surface area contributed by atoms with Crippen molar-refractivity contribution in [1.29, 1.82) is 0 Å². The standard InChI is InChI=1S/C17H22BrNOS/c1-16(2,3)11-7-8-13(12(9-11)17(4,5)6)20-15-19-14(18)10-21-15/h7-10H,1-6H3. The van der Waals surface area contributed by atoms with Gasteiger partial charge in [-0.05, 0) is 38.4 Å². The lowest BCUT2D eigenvalue weighted by Gasteiger charge is -2.26. The van der Waals surface area contributed by atoms with E-state index in [9.17, 15) is 0 Å². The summed E-state index contributed by atoms with van der Waals surface area (Å²) >= 11 is 4.85. The van der Waals surface area contributed by atoms with E-state index >= 15 is 0 Å². The highest BCUT2D eigenvalue weighted by Crippen LogP contribution is 2.38. The minimum absolute atomic E-state index is 0.0189. The van der Waals surface area contributed by atoms with E-state index in [1.54, 1.807) is 0 Å². The number of thiazole rings is 1. The molecule has 1 aromatic carbocycles. The first-order valence-electron chi connectivity index (χ1n) is 7.01. The molecule has 0 bridgehead atoms. The average Bonchev–Trinajstić information content (AvgIpc) is 2.72. The van der Waals surface area contributed by atoms with Gasteiger partial charge in [0.05, 0.1) is 0 Å². The summed E-state index contributed by atoms with van der Waals surface area (Å²) in [5, 5.41) is 2.59. The quantitative estimate of drug-likeness (QED) is 0.621. The summed E-state index contributed by atoms with van der Waals surface area (Å²) in [5.41, 5.74) is 2.68. The fraction of sp³-hybridized carbons (Fsp3) is 0.471. The average molecular weight is 368 g/mol. The van der Waals surface area contributed by atoms with Crippen LogP contribution >= 0.6 is 27.3 Å². The van der Waals surface area contributed by atoms with Gasteiger partial charge in [-0.3, -0.25) is 0 Å². The van der Waals surface area contributed by atoms with Gasteiger partial charge in [0.25, 0.3) is 5.19 Å². The summed E-state index contributed by atoms with van der Waals surface area (Å²) in [4.78, 5) is 4.31. The third-order valence-electron chi connectivity index (χ3n) is 3.31. The van der Waals surface area contributed by atoms with E-state index in [0.717, 1.165) is 10.4 Å². The molecular weight excluding hydrogens is 346 g/mol. The Hall–Kier alpha value is -0.870. The molecule has 114 valence electrons. The summed E-state index contributed by atoms with van der Waals surface area (Å²) < 4.78 is 6.81. The van der Waals surface area contributed by atoms with Crippen LogP contribution in [0.5, 0.6) is 10.9 Å². The zero-order chi connectivity index (χ0) is 15.8. The third-order valence-corrected chi connectivity index (χ3v) is 4.73. The molecule has 0 saturated heterocycles. The normalized spacial score (nSPS) is 12.5. The maximum Gasteiger partial charge on any atom is 0.279 e. The number of nitrogens with zero attached hydrogens (tertiary/aromatic N) is 1. The van der Waals surface area contributed by atoms with Gasteiger partial charge >= 0.3 is 0 Å². The third kappa shape index (κ3) is 4.07. The van der Waals surface area contributed by atoms with E-state index < -0.39 is 0 Å². The van der Waals surface area contributed by atoms with Crippen molar-refractivity contribution in [3.8, 4) is 10.9 Å². The Bertz CT molecular complexity index is 635. The molecular formula is C17H22BrNOS. The molecule has 2 rings (SSSR count). The van der Waals surface area contributed by atoms with Crippen LogP contribution in [0.3, 0.4) is 0 Å². The Labute approximate surface area is 139 Å². The molecule has 0 atom stereocenters. The van der Waals surface area contributed by atoms with Gasteiger partial charge in [0.15, 0.2) is 0 Å². The molecule has 0 fully saturated rings. The van der Waals surface area contributed by atoms with Gasteiger partial charge in [0.1, 0.15) is 10.4 Å². The first kappa shape index (κ1) is 16.5. The van der Waals surface area contributed by atoms with Crippen molar-refractivity contribution in [2.45, 2.75) is 52.4 Å². The number of ether oxygens (including phenoxy) is 1. The first-order valence-corrected chi connectivity index (χ1v) is 8.68. The SMILES string of the molecule is CC(C)(C)c1ccc(Oc2nc(Br)cs2)c(C(C)(C)C)c1. The minimum Gasteiger partial charge on any atom is -0.431 e. The Balaban J connectivity index is 2.45. The van der Waals surface area contributed by atoms with E-state index in [4.69, 9.17) is 4.74 Å². The summed E-state index contributed by atoms with van der Waals surface area (Å²) in [6.07, 6.45) is 0. The van der Waals surface area contributed by atoms with Crippen LogP contribution in [0.1, 0.15) is 52.7 Å². The van der Waals surface area contributed by atoms with E-state index in [0.29, 0.717) is 5.19 Å². The molecule has 0 N–H and O–H groups in total. The smallest absolute Gasteiger partial charge is 0.279 e. The van der Waals surface area contributed by atoms with Crippen LogP contribution in [0.4, 0.5) is 0 Å².